The van der Waals surface area contributed by atoms with Gasteiger partial charge in [-0.15, -0.1) is 0 Å². The first-order valence-corrected chi connectivity index (χ1v) is 7.41. The van der Waals surface area contributed by atoms with Gasteiger partial charge < -0.3 is 10.6 Å². The van der Waals surface area contributed by atoms with Crippen LogP contribution in [0.4, 0.5) is 5.69 Å². The largest absolute Gasteiger partial charge is 0.399 e. The predicted molar refractivity (Wildman–Crippen MR) is 77.4 cm³/mol. The van der Waals surface area contributed by atoms with E-state index < -0.39 is 0 Å². The summed E-state index contributed by atoms with van der Waals surface area (Å²) in [5, 5.41) is 0.570. The summed E-state index contributed by atoms with van der Waals surface area (Å²) < 4.78 is 0. The van der Waals surface area contributed by atoms with Crippen LogP contribution in [0.25, 0.3) is 0 Å². The number of rotatable bonds is 3. The molecule has 1 unspecified atom stereocenters. The summed E-state index contributed by atoms with van der Waals surface area (Å²) >= 11 is 1.94. The van der Waals surface area contributed by atoms with E-state index >= 15 is 0 Å². The topological polar surface area (TPSA) is 46.3 Å². The summed E-state index contributed by atoms with van der Waals surface area (Å²) in [4.78, 5) is 13.3. The second-order valence-electron chi connectivity index (χ2n) is 4.78. The number of hydrogen-bond donors (Lipinski definition) is 1. The van der Waals surface area contributed by atoms with E-state index in [1.54, 1.807) is 6.92 Å². The lowest BCUT2D eigenvalue weighted by Crippen LogP contribution is -2.39. The van der Waals surface area contributed by atoms with Crippen LogP contribution in [0.5, 0.6) is 0 Å². The minimum atomic E-state index is 0.202. The number of carbonyl (C=O) groups excluding carboxylic acids is 1. The molecule has 2 N–H and O–H groups in total. The molecule has 1 amide bonds. The molecule has 1 atom stereocenters. The number of carbonyl (C=O) groups is 1. The molecule has 0 spiro atoms. The maximum absolute atomic E-state index is 11.4. The van der Waals surface area contributed by atoms with Crippen LogP contribution >= 0.6 is 11.8 Å². The first kappa shape index (κ1) is 13.3. The molecule has 4 heteroatoms. The number of piperidine rings is 1. The zero-order valence-corrected chi connectivity index (χ0v) is 11.6. The van der Waals surface area contributed by atoms with Gasteiger partial charge in [0.2, 0.25) is 5.91 Å². The van der Waals surface area contributed by atoms with Crippen molar-refractivity contribution in [1.29, 1.82) is 0 Å². The molecule has 0 aromatic heterocycles. The summed E-state index contributed by atoms with van der Waals surface area (Å²) in [7, 11) is 0. The maximum atomic E-state index is 11.4. The van der Waals surface area contributed by atoms with Gasteiger partial charge in [0.25, 0.3) is 0 Å². The van der Waals surface area contributed by atoms with E-state index in [-0.39, 0.29) is 5.91 Å². The number of benzene rings is 1. The monoisotopic (exact) mass is 264 g/mol. The van der Waals surface area contributed by atoms with Gasteiger partial charge in [0.1, 0.15) is 0 Å². The number of amides is 1. The molecular formula is C14H20N2OS. The van der Waals surface area contributed by atoms with Crippen molar-refractivity contribution in [2.75, 3.05) is 18.8 Å². The third kappa shape index (κ3) is 3.67. The van der Waals surface area contributed by atoms with Crippen LogP contribution in [0.2, 0.25) is 0 Å². The number of thioether (sulfide) groups is 1. The molecule has 1 aliphatic rings. The van der Waals surface area contributed by atoms with Crippen LogP contribution in [0, 0.1) is 0 Å². The van der Waals surface area contributed by atoms with E-state index in [2.05, 4.69) is 12.1 Å². The van der Waals surface area contributed by atoms with E-state index in [4.69, 9.17) is 5.73 Å². The lowest BCUT2D eigenvalue weighted by atomic mass is 10.1. The minimum absolute atomic E-state index is 0.202. The Morgan fingerprint density at radius 2 is 2.17 bits per heavy atom. The molecule has 0 radical (unpaired) electrons. The van der Waals surface area contributed by atoms with Crippen molar-refractivity contribution in [3.63, 3.8) is 0 Å². The first-order valence-electron chi connectivity index (χ1n) is 6.36. The average Bonchev–Trinajstić information content (AvgIpc) is 2.38. The van der Waals surface area contributed by atoms with Crippen LogP contribution in [-0.4, -0.2) is 29.1 Å². The number of nitrogen functional groups attached to an aromatic ring is 1. The van der Waals surface area contributed by atoms with Crippen molar-refractivity contribution in [2.24, 2.45) is 0 Å². The molecule has 1 saturated heterocycles. The quantitative estimate of drug-likeness (QED) is 0.853. The van der Waals surface area contributed by atoms with Gasteiger partial charge in [0.05, 0.1) is 0 Å². The van der Waals surface area contributed by atoms with Gasteiger partial charge in [-0.25, -0.2) is 0 Å². The van der Waals surface area contributed by atoms with Crippen LogP contribution in [0.1, 0.15) is 25.3 Å². The molecule has 0 bridgehead atoms. The number of hydrogen-bond acceptors (Lipinski definition) is 3. The molecule has 1 fully saturated rings. The van der Waals surface area contributed by atoms with E-state index in [0.717, 1.165) is 31.0 Å². The minimum Gasteiger partial charge on any atom is -0.399 e. The highest BCUT2D eigenvalue weighted by atomic mass is 32.2. The Labute approximate surface area is 113 Å². The molecular weight excluding hydrogens is 244 g/mol. The molecule has 1 heterocycles. The van der Waals surface area contributed by atoms with Crippen LogP contribution < -0.4 is 5.73 Å². The van der Waals surface area contributed by atoms with E-state index in [1.165, 1.54) is 12.0 Å². The smallest absolute Gasteiger partial charge is 0.219 e. The summed E-state index contributed by atoms with van der Waals surface area (Å²) in [5.74, 6) is 1.20. The Balaban J connectivity index is 1.82. The Bertz CT molecular complexity index is 405. The highest BCUT2D eigenvalue weighted by Gasteiger charge is 2.21. The number of likely N-dealkylation sites (tertiary alicyclic amines) is 1. The zero-order valence-electron chi connectivity index (χ0n) is 10.8. The molecule has 3 nitrogen and oxygen atoms in total. The molecule has 1 aliphatic heterocycles. The van der Waals surface area contributed by atoms with Crippen molar-refractivity contribution in [3.8, 4) is 0 Å². The second-order valence-corrected chi connectivity index (χ2v) is 6.07. The third-order valence-corrected chi connectivity index (χ3v) is 4.65. The van der Waals surface area contributed by atoms with Gasteiger partial charge in [-0.05, 0) is 30.5 Å². The van der Waals surface area contributed by atoms with Gasteiger partial charge in [-0.2, -0.15) is 11.8 Å². The molecule has 18 heavy (non-hydrogen) atoms. The Kier molecular flexibility index (Phi) is 4.53. The fraction of sp³-hybridized carbons (Fsp3) is 0.500. The van der Waals surface area contributed by atoms with Crippen molar-refractivity contribution in [2.45, 2.75) is 30.8 Å². The van der Waals surface area contributed by atoms with Gasteiger partial charge >= 0.3 is 0 Å². The maximum Gasteiger partial charge on any atom is 0.219 e. The lowest BCUT2D eigenvalue weighted by molar-refractivity contribution is -0.129. The molecule has 2 rings (SSSR count). The van der Waals surface area contributed by atoms with Crippen molar-refractivity contribution >= 4 is 23.4 Å². The van der Waals surface area contributed by atoms with Crippen molar-refractivity contribution in [1.82, 2.24) is 4.90 Å². The van der Waals surface area contributed by atoms with Gasteiger partial charge in [0.15, 0.2) is 0 Å². The lowest BCUT2D eigenvalue weighted by Gasteiger charge is -2.31. The van der Waals surface area contributed by atoms with Crippen molar-refractivity contribution < 1.29 is 4.79 Å². The van der Waals surface area contributed by atoms with E-state index in [1.807, 2.05) is 28.8 Å². The molecule has 1 aromatic carbocycles. The summed E-state index contributed by atoms with van der Waals surface area (Å²) in [5.41, 5.74) is 7.78. The first-order chi connectivity index (χ1) is 8.65. The molecule has 0 aliphatic carbocycles. The van der Waals surface area contributed by atoms with Gasteiger partial charge in [-0.1, -0.05) is 12.1 Å². The summed E-state index contributed by atoms with van der Waals surface area (Å²) in [6.07, 6.45) is 2.34. The SMILES string of the molecule is CC(=O)N1CCCC(SCc2ccc(N)cc2)C1. The third-order valence-electron chi connectivity index (χ3n) is 3.29. The predicted octanol–water partition coefficient (Wildman–Crippen LogP) is 2.51. The number of anilines is 1. The van der Waals surface area contributed by atoms with E-state index in [0.29, 0.717) is 5.25 Å². The molecule has 98 valence electrons. The normalized spacial score (nSPS) is 19.8. The van der Waals surface area contributed by atoms with E-state index in [9.17, 15) is 4.79 Å². The molecule has 1 aromatic rings. The van der Waals surface area contributed by atoms with Gasteiger partial charge in [-0.3, -0.25) is 4.79 Å². The number of nitrogens with two attached hydrogens (primary N) is 1. The fourth-order valence-corrected chi connectivity index (χ4v) is 3.43. The summed E-state index contributed by atoms with van der Waals surface area (Å²) in [6, 6.07) is 8.04. The Hall–Kier alpha value is -1.16. The van der Waals surface area contributed by atoms with Crippen LogP contribution in [0.3, 0.4) is 0 Å². The Morgan fingerprint density at radius 3 is 2.83 bits per heavy atom. The highest BCUT2D eigenvalue weighted by Crippen LogP contribution is 2.26. The van der Waals surface area contributed by atoms with Gasteiger partial charge in [0, 0.05) is 36.7 Å². The zero-order chi connectivity index (χ0) is 13.0. The summed E-state index contributed by atoms with van der Waals surface area (Å²) in [6.45, 7) is 3.48. The van der Waals surface area contributed by atoms with Crippen LogP contribution in [0.15, 0.2) is 24.3 Å². The number of nitrogens with zero attached hydrogens (tertiary/aromatic N) is 1. The average molecular weight is 264 g/mol. The standard InChI is InChI=1S/C14H20N2OS/c1-11(17)16-8-2-3-14(9-16)18-10-12-4-6-13(15)7-5-12/h4-7,14H,2-3,8-10,15H2,1H3. The Morgan fingerprint density at radius 1 is 1.44 bits per heavy atom. The van der Waals surface area contributed by atoms with Crippen molar-refractivity contribution in [3.05, 3.63) is 29.8 Å². The fourth-order valence-electron chi connectivity index (χ4n) is 2.19. The highest BCUT2D eigenvalue weighted by molar-refractivity contribution is 7.99. The molecule has 0 saturated carbocycles. The second kappa shape index (κ2) is 6.14. The van der Waals surface area contributed by atoms with Crippen LogP contribution in [-0.2, 0) is 10.5 Å².